The lowest BCUT2D eigenvalue weighted by molar-refractivity contribution is -0.125. The first-order valence-electron chi connectivity index (χ1n) is 8.54. The number of nitrogens with zero attached hydrogens (tertiary/aromatic N) is 3. The van der Waals surface area contributed by atoms with Gasteiger partial charge in [0.2, 0.25) is 6.10 Å². The molecule has 0 spiro atoms. The smallest absolute Gasteiger partial charge is 0.269 e. The number of halogens is 1. The maximum Gasteiger partial charge on any atom is 0.269 e. The van der Waals surface area contributed by atoms with E-state index in [2.05, 4.69) is 15.6 Å². The molecule has 136 valence electrons. The van der Waals surface area contributed by atoms with Gasteiger partial charge < -0.3 is 10.2 Å². The second-order valence-corrected chi connectivity index (χ2v) is 6.63. The van der Waals surface area contributed by atoms with E-state index in [0.717, 1.165) is 16.8 Å². The Hall–Kier alpha value is -3.12. The number of carbonyl (C=O) groups is 1. The predicted octanol–water partition coefficient (Wildman–Crippen LogP) is 3.72. The molecule has 1 N–H and O–H groups in total. The molecule has 2 aromatic carbocycles. The molecule has 27 heavy (non-hydrogen) atoms. The molecule has 1 amide bonds. The van der Waals surface area contributed by atoms with Gasteiger partial charge >= 0.3 is 0 Å². The van der Waals surface area contributed by atoms with Crippen molar-refractivity contribution in [2.24, 2.45) is 5.16 Å². The molecular weight excluding hydrogens is 364 g/mol. The average molecular weight is 381 g/mol. The number of nitrogens with one attached hydrogen (secondary N) is 1. The van der Waals surface area contributed by atoms with E-state index < -0.39 is 6.10 Å². The third-order valence-electron chi connectivity index (χ3n) is 4.28. The van der Waals surface area contributed by atoms with Crippen LogP contribution in [0.5, 0.6) is 0 Å². The Balaban J connectivity index is 1.40. The summed E-state index contributed by atoms with van der Waals surface area (Å²) in [5, 5.41) is 11.9. The van der Waals surface area contributed by atoms with Gasteiger partial charge in [0.05, 0.1) is 18.5 Å². The second kappa shape index (κ2) is 7.63. The zero-order valence-corrected chi connectivity index (χ0v) is 15.1. The van der Waals surface area contributed by atoms with Gasteiger partial charge in [0.25, 0.3) is 5.91 Å². The minimum absolute atomic E-state index is 0.248. The third-order valence-corrected chi connectivity index (χ3v) is 4.53. The van der Waals surface area contributed by atoms with Crippen LogP contribution >= 0.6 is 11.6 Å². The molecular formula is C20H17ClN4O2. The lowest BCUT2D eigenvalue weighted by Gasteiger charge is -2.12. The van der Waals surface area contributed by atoms with Crippen LogP contribution in [0, 0.1) is 0 Å². The molecule has 1 aliphatic rings. The Bertz CT molecular complexity index is 967. The van der Waals surface area contributed by atoms with Crippen molar-refractivity contribution in [1.29, 1.82) is 0 Å². The largest absolute Gasteiger partial charge is 0.382 e. The predicted molar refractivity (Wildman–Crippen MR) is 104 cm³/mol. The fraction of sp³-hybridized carbons (Fsp3) is 0.150. The highest BCUT2D eigenvalue weighted by atomic mass is 35.5. The highest BCUT2D eigenvalue weighted by molar-refractivity contribution is 6.30. The molecule has 1 aromatic heterocycles. The van der Waals surface area contributed by atoms with Crippen LogP contribution in [0.2, 0.25) is 5.02 Å². The van der Waals surface area contributed by atoms with E-state index in [0.29, 0.717) is 23.8 Å². The summed E-state index contributed by atoms with van der Waals surface area (Å²) < 4.78 is 1.72. The van der Waals surface area contributed by atoms with Crippen LogP contribution in [0.1, 0.15) is 17.5 Å². The first kappa shape index (κ1) is 17.3. The number of anilines is 1. The lowest BCUT2D eigenvalue weighted by Crippen LogP contribution is -2.29. The molecule has 1 unspecified atom stereocenters. The molecule has 0 saturated carbocycles. The van der Waals surface area contributed by atoms with Gasteiger partial charge in [-0.05, 0) is 23.3 Å². The first-order chi connectivity index (χ1) is 13.2. The number of hydrogen-bond acceptors (Lipinski definition) is 4. The average Bonchev–Trinajstić information content (AvgIpc) is 3.34. The summed E-state index contributed by atoms with van der Waals surface area (Å²) in [6.45, 7) is 0.525. The minimum Gasteiger partial charge on any atom is -0.382 e. The highest BCUT2D eigenvalue weighted by Gasteiger charge is 2.29. The lowest BCUT2D eigenvalue weighted by atomic mass is 10.0. The Morgan fingerprint density at radius 1 is 1.15 bits per heavy atom. The van der Waals surface area contributed by atoms with E-state index >= 15 is 0 Å². The topological polar surface area (TPSA) is 68.5 Å². The molecule has 0 fully saturated rings. The molecule has 0 radical (unpaired) electrons. The van der Waals surface area contributed by atoms with Gasteiger partial charge in [0, 0.05) is 17.5 Å². The summed E-state index contributed by atoms with van der Waals surface area (Å²) in [6.07, 6.45) is 1.42. The van der Waals surface area contributed by atoms with Crippen molar-refractivity contribution in [2.75, 3.05) is 5.32 Å². The number of hydrogen-bond donors (Lipinski definition) is 1. The van der Waals surface area contributed by atoms with Gasteiger partial charge in [-0.2, -0.15) is 5.10 Å². The normalized spacial score (nSPS) is 15.9. The molecule has 0 bridgehead atoms. The van der Waals surface area contributed by atoms with Crippen molar-refractivity contribution in [3.05, 3.63) is 83.0 Å². The summed E-state index contributed by atoms with van der Waals surface area (Å²) in [4.78, 5) is 17.9. The molecule has 1 atom stereocenters. The summed E-state index contributed by atoms with van der Waals surface area (Å²) in [5.41, 5.74) is 2.76. The summed E-state index contributed by atoms with van der Waals surface area (Å²) in [5.74, 6) is 0.356. The molecule has 6 nitrogen and oxygen atoms in total. The summed E-state index contributed by atoms with van der Waals surface area (Å²) in [6, 6.07) is 19.0. The van der Waals surface area contributed by atoms with E-state index in [1.54, 1.807) is 16.9 Å². The molecule has 0 saturated heterocycles. The SMILES string of the molecule is O=C(Nc1ccnn1Cc1ccc(Cl)cc1)C1CC(c2ccccc2)=NO1. The van der Waals surface area contributed by atoms with E-state index in [1.165, 1.54) is 0 Å². The van der Waals surface area contributed by atoms with Crippen LogP contribution < -0.4 is 5.32 Å². The number of aromatic nitrogens is 2. The van der Waals surface area contributed by atoms with Crippen molar-refractivity contribution in [3.8, 4) is 0 Å². The molecule has 2 heterocycles. The van der Waals surface area contributed by atoms with Crippen LogP contribution in [0.25, 0.3) is 0 Å². The van der Waals surface area contributed by atoms with Crippen molar-refractivity contribution in [1.82, 2.24) is 9.78 Å². The van der Waals surface area contributed by atoms with Crippen LogP contribution in [0.3, 0.4) is 0 Å². The zero-order chi connectivity index (χ0) is 18.6. The van der Waals surface area contributed by atoms with Crippen molar-refractivity contribution in [3.63, 3.8) is 0 Å². The third kappa shape index (κ3) is 4.01. The Kier molecular flexibility index (Phi) is 4.89. The fourth-order valence-corrected chi connectivity index (χ4v) is 2.98. The van der Waals surface area contributed by atoms with Gasteiger partial charge in [-0.3, -0.25) is 4.79 Å². The van der Waals surface area contributed by atoms with E-state index in [4.69, 9.17) is 16.4 Å². The van der Waals surface area contributed by atoms with Gasteiger partial charge in [0.1, 0.15) is 5.82 Å². The molecule has 0 aliphatic carbocycles. The molecule has 4 rings (SSSR count). The first-order valence-corrected chi connectivity index (χ1v) is 8.92. The quantitative estimate of drug-likeness (QED) is 0.733. The molecule has 1 aliphatic heterocycles. The summed E-state index contributed by atoms with van der Waals surface area (Å²) in [7, 11) is 0. The van der Waals surface area contributed by atoms with Crippen LogP contribution in [-0.2, 0) is 16.2 Å². The maximum atomic E-state index is 12.6. The number of benzene rings is 2. The van der Waals surface area contributed by atoms with Gasteiger partial charge in [-0.25, -0.2) is 4.68 Å². The number of carbonyl (C=O) groups excluding carboxylic acids is 1. The van der Waals surface area contributed by atoms with Crippen LogP contribution in [0.15, 0.2) is 72.0 Å². The fourth-order valence-electron chi connectivity index (χ4n) is 2.85. The van der Waals surface area contributed by atoms with Crippen molar-refractivity contribution < 1.29 is 9.63 Å². The van der Waals surface area contributed by atoms with Gasteiger partial charge in [0.15, 0.2) is 0 Å². The molecule has 3 aromatic rings. The van der Waals surface area contributed by atoms with Gasteiger partial charge in [-0.1, -0.05) is 59.2 Å². The van der Waals surface area contributed by atoms with Crippen molar-refractivity contribution in [2.45, 2.75) is 19.1 Å². The number of rotatable bonds is 5. The highest BCUT2D eigenvalue weighted by Crippen LogP contribution is 2.19. The van der Waals surface area contributed by atoms with E-state index in [9.17, 15) is 4.79 Å². The monoisotopic (exact) mass is 380 g/mol. The number of amides is 1. The minimum atomic E-state index is -0.654. The Labute approximate surface area is 161 Å². The maximum absolute atomic E-state index is 12.6. The van der Waals surface area contributed by atoms with E-state index in [-0.39, 0.29) is 5.91 Å². The van der Waals surface area contributed by atoms with Crippen LogP contribution in [0.4, 0.5) is 5.82 Å². The van der Waals surface area contributed by atoms with Crippen molar-refractivity contribution >= 4 is 29.0 Å². The standard InChI is InChI=1S/C20H17ClN4O2/c21-16-8-6-14(7-9-16)13-25-19(10-11-22-25)23-20(26)18-12-17(24-27-18)15-4-2-1-3-5-15/h1-11,18H,12-13H2,(H,23,26). The summed E-state index contributed by atoms with van der Waals surface area (Å²) >= 11 is 5.92. The number of oxime groups is 1. The Morgan fingerprint density at radius 2 is 1.93 bits per heavy atom. The molecule has 7 heteroatoms. The zero-order valence-electron chi connectivity index (χ0n) is 14.4. The Morgan fingerprint density at radius 3 is 2.70 bits per heavy atom. The second-order valence-electron chi connectivity index (χ2n) is 6.19. The van der Waals surface area contributed by atoms with E-state index in [1.807, 2.05) is 54.6 Å². The van der Waals surface area contributed by atoms with Gasteiger partial charge in [-0.15, -0.1) is 0 Å². The van der Waals surface area contributed by atoms with Crippen LogP contribution in [-0.4, -0.2) is 27.5 Å².